The van der Waals surface area contributed by atoms with Crippen LogP contribution in [0.2, 0.25) is 0 Å². The summed E-state index contributed by atoms with van der Waals surface area (Å²) in [5.74, 6) is 4.73. The Balaban J connectivity index is 1.24. The first-order valence-corrected chi connectivity index (χ1v) is 17.3. The molecule has 0 N–H and O–H groups in total. The van der Waals surface area contributed by atoms with Gasteiger partial charge in [-0.25, -0.2) is 0 Å². The maximum Gasteiger partial charge on any atom is 0.0659 e. The summed E-state index contributed by atoms with van der Waals surface area (Å²) in [4.78, 5) is 2.25. The number of allylic oxidation sites excluding steroid dienone is 2. The van der Waals surface area contributed by atoms with Gasteiger partial charge in [0.15, 0.2) is 0 Å². The third-order valence-electron chi connectivity index (χ3n) is 13.6. The SMILES string of the molecule is CN(C)c1ccc([C@H]2C[C@@]3(C)C(CC[C@@H]3C(C)(C)OCCC3CC3)C3CCC4CC5(CCCC5)CCC4=C32)cc1. The molecule has 0 heterocycles. The third kappa shape index (κ3) is 4.71. The number of rotatable bonds is 7. The van der Waals surface area contributed by atoms with E-state index < -0.39 is 0 Å². The van der Waals surface area contributed by atoms with E-state index in [1.54, 1.807) is 5.56 Å². The van der Waals surface area contributed by atoms with Crippen LogP contribution in [0.5, 0.6) is 0 Å². The molecule has 0 amide bonds. The van der Waals surface area contributed by atoms with Gasteiger partial charge < -0.3 is 9.64 Å². The van der Waals surface area contributed by atoms with Crippen LogP contribution in [0.4, 0.5) is 5.69 Å². The van der Waals surface area contributed by atoms with Gasteiger partial charge in [0.25, 0.3) is 0 Å². The normalized spacial score (nSPS) is 36.9. The van der Waals surface area contributed by atoms with Crippen LogP contribution in [0.3, 0.4) is 0 Å². The molecule has 6 atom stereocenters. The first kappa shape index (κ1) is 27.5. The van der Waals surface area contributed by atoms with Crippen LogP contribution in [0.25, 0.3) is 0 Å². The molecule has 1 spiro atoms. The third-order valence-corrected chi connectivity index (χ3v) is 13.6. The Morgan fingerprint density at radius 1 is 0.900 bits per heavy atom. The van der Waals surface area contributed by atoms with Crippen LogP contribution < -0.4 is 4.90 Å². The lowest BCUT2D eigenvalue weighted by molar-refractivity contribution is -0.108. The number of benzene rings is 1. The van der Waals surface area contributed by atoms with Crippen LogP contribution in [0.15, 0.2) is 35.4 Å². The van der Waals surface area contributed by atoms with E-state index in [-0.39, 0.29) is 5.60 Å². The lowest BCUT2D eigenvalue weighted by Gasteiger charge is -2.56. The van der Waals surface area contributed by atoms with Crippen molar-refractivity contribution in [2.75, 3.05) is 25.6 Å². The van der Waals surface area contributed by atoms with E-state index in [0.29, 0.717) is 22.7 Å². The zero-order chi connectivity index (χ0) is 27.7. The van der Waals surface area contributed by atoms with Crippen molar-refractivity contribution in [1.29, 1.82) is 0 Å². The molecule has 1 aromatic rings. The van der Waals surface area contributed by atoms with E-state index in [1.165, 1.54) is 102 Å². The largest absolute Gasteiger partial charge is 0.378 e. The monoisotopic (exact) mass is 543 g/mol. The van der Waals surface area contributed by atoms with Crippen molar-refractivity contribution in [3.63, 3.8) is 0 Å². The highest BCUT2D eigenvalue weighted by atomic mass is 16.5. The molecule has 1 aromatic carbocycles. The highest BCUT2D eigenvalue weighted by Crippen LogP contribution is 2.68. The van der Waals surface area contributed by atoms with E-state index in [2.05, 4.69) is 64.0 Å². The van der Waals surface area contributed by atoms with Crippen molar-refractivity contribution in [1.82, 2.24) is 0 Å². The molecule has 40 heavy (non-hydrogen) atoms. The molecule has 5 saturated carbocycles. The molecule has 0 bridgehead atoms. The zero-order valence-electron chi connectivity index (χ0n) is 26.4. The van der Waals surface area contributed by atoms with Gasteiger partial charge in [-0.1, -0.05) is 55.9 Å². The van der Waals surface area contributed by atoms with Gasteiger partial charge in [-0.15, -0.1) is 0 Å². The lowest BCUT2D eigenvalue weighted by atomic mass is 9.49. The van der Waals surface area contributed by atoms with Crippen molar-refractivity contribution in [3.05, 3.63) is 41.0 Å². The highest BCUT2D eigenvalue weighted by molar-refractivity contribution is 5.49. The van der Waals surface area contributed by atoms with Gasteiger partial charge in [0, 0.05) is 32.3 Å². The molecule has 2 nitrogen and oxygen atoms in total. The van der Waals surface area contributed by atoms with E-state index >= 15 is 0 Å². The topological polar surface area (TPSA) is 12.5 Å². The molecule has 0 aliphatic heterocycles. The summed E-state index contributed by atoms with van der Waals surface area (Å²) in [5.41, 5.74) is 7.87. The van der Waals surface area contributed by atoms with Gasteiger partial charge in [0.05, 0.1) is 5.60 Å². The molecular weight excluding hydrogens is 486 g/mol. The highest BCUT2D eigenvalue weighted by Gasteiger charge is 2.60. The molecule has 0 aromatic heterocycles. The van der Waals surface area contributed by atoms with Crippen LogP contribution >= 0.6 is 0 Å². The van der Waals surface area contributed by atoms with Crippen molar-refractivity contribution in [2.45, 2.75) is 129 Å². The summed E-state index contributed by atoms with van der Waals surface area (Å²) in [6.07, 6.45) is 21.6. The number of ether oxygens (including phenoxy) is 1. The van der Waals surface area contributed by atoms with Gasteiger partial charge >= 0.3 is 0 Å². The summed E-state index contributed by atoms with van der Waals surface area (Å²) in [7, 11) is 4.34. The van der Waals surface area contributed by atoms with Crippen LogP contribution in [-0.2, 0) is 4.74 Å². The summed E-state index contributed by atoms with van der Waals surface area (Å²) in [6, 6.07) is 9.77. The Hall–Kier alpha value is -1.28. The minimum atomic E-state index is -0.0285. The van der Waals surface area contributed by atoms with E-state index in [0.717, 1.165) is 30.3 Å². The smallest absolute Gasteiger partial charge is 0.0659 e. The minimum absolute atomic E-state index is 0.0285. The van der Waals surface area contributed by atoms with Crippen LogP contribution in [0.1, 0.15) is 129 Å². The molecule has 2 heteroatoms. The van der Waals surface area contributed by atoms with Crippen LogP contribution in [-0.4, -0.2) is 26.3 Å². The maximum absolute atomic E-state index is 6.82. The summed E-state index contributed by atoms with van der Waals surface area (Å²) >= 11 is 0. The Kier molecular flexibility index (Phi) is 7.00. The van der Waals surface area contributed by atoms with Gasteiger partial charge in [-0.2, -0.15) is 0 Å². The van der Waals surface area contributed by atoms with Crippen LogP contribution in [0, 0.1) is 40.4 Å². The summed E-state index contributed by atoms with van der Waals surface area (Å²) < 4.78 is 6.82. The molecule has 0 saturated heterocycles. The van der Waals surface area contributed by atoms with E-state index in [4.69, 9.17) is 4.74 Å². The Morgan fingerprint density at radius 3 is 2.35 bits per heavy atom. The Bertz CT molecular complexity index is 1100. The van der Waals surface area contributed by atoms with E-state index in [1.807, 2.05) is 11.1 Å². The lowest BCUT2D eigenvalue weighted by Crippen LogP contribution is -2.50. The number of hydrogen-bond acceptors (Lipinski definition) is 2. The maximum atomic E-state index is 6.82. The van der Waals surface area contributed by atoms with Crippen molar-refractivity contribution >= 4 is 5.69 Å². The van der Waals surface area contributed by atoms with Gasteiger partial charge in [-0.3, -0.25) is 0 Å². The van der Waals surface area contributed by atoms with Gasteiger partial charge in [-0.05, 0) is 143 Å². The quantitative estimate of drug-likeness (QED) is 0.317. The number of hydrogen-bond donors (Lipinski definition) is 0. The molecule has 220 valence electrons. The number of fused-ring (bicyclic) bond motifs is 4. The van der Waals surface area contributed by atoms with Crippen molar-refractivity contribution in [3.8, 4) is 0 Å². The second kappa shape index (κ2) is 10.2. The fraction of sp³-hybridized carbons (Fsp3) is 0.789. The summed E-state index contributed by atoms with van der Waals surface area (Å²) in [5, 5.41) is 0. The second-order valence-electron chi connectivity index (χ2n) is 16.4. The molecule has 7 rings (SSSR count). The number of anilines is 1. The molecule has 6 aliphatic rings. The van der Waals surface area contributed by atoms with Gasteiger partial charge in [0.1, 0.15) is 0 Å². The average molecular weight is 544 g/mol. The Labute approximate surface area is 245 Å². The summed E-state index contributed by atoms with van der Waals surface area (Å²) in [6.45, 7) is 8.58. The predicted molar refractivity (Wildman–Crippen MR) is 168 cm³/mol. The number of nitrogens with zero attached hydrogens (tertiary/aromatic N) is 1. The standard InChI is InChI=1S/C38H57NO/c1-36(2,40-23-19-26-8-9-26)34-17-16-33-31-15-12-28-24-38(20-6-7-21-38)22-18-30(28)35(31)32(25-37(33,34)3)27-10-13-29(14-11-27)39(4)5/h10-11,13-14,26,28,31-34H,6-9,12,15-25H2,1-5H3/t28?,31?,32-,33?,34-,37+/m1/s1. The van der Waals surface area contributed by atoms with E-state index in [9.17, 15) is 0 Å². The van der Waals surface area contributed by atoms with Gasteiger partial charge in [0.2, 0.25) is 0 Å². The molecule has 3 unspecified atom stereocenters. The predicted octanol–water partition coefficient (Wildman–Crippen LogP) is 9.93. The first-order chi connectivity index (χ1) is 19.2. The average Bonchev–Trinajstić information content (AvgIpc) is 3.53. The zero-order valence-corrected chi connectivity index (χ0v) is 26.4. The van der Waals surface area contributed by atoms with Crippen molar-refractivity contribution < 1.29 is 4.74 Å². The minimum Gasteiger partial charge on any atom is -0.378 e. The fourth-order valence-electron chi connectivity index (χ4n) is 11.5. The molecule has 5 fully saturated rings. The Morgan fingerprint density at radius 2 is 1.65 bits per heavy atom. The molecule has 6 aliphatic carbocycles. The molecular formula is C38H57NO. The second-order valence-corrected chi connectivity index (χ2v) is 16.4. The van der Waals surface area contributed by atoms with Crippen molar-refractivity contribution in [2.24, 2.45) is 40.4 Å². The molecule has 0 radical (unpaired) electrons. The first-order valence-electron chi connectivity index (χ1n) is 17.3. The fourth-order valence-corrected chi connectivity index (χ4v) is 11.5.